The largest absolute Gasteiger partial charge is 0.381 e. The molecule has 0 atom stereocenters. The summed E-state index contributed by atoms with van der Waals surface area (Å²) in [4.78, 5) is 25.7. The fourth-order valence-electron chi connectivity index (χ4n) is 2.10. The molecule has 112 valence electrons. The summed E-state index contributed by atoms with van der Waals surface area (Å²) in [6, 6.07) is 7.92. The fraction of sp³-hybridized carbons (Fsp3) is 0.333. The number of nitrogens with one attached hydrogen (secondary N) is 1. The van der Waals surface area contributed by atoms with Gasteiger partial charge in [0.25, 0.3) is 5.56 Å². The molecule has 1 aromatic heterocycles. The Labute approximate surface area is 123 Å². The van der Waals surface area contributed by atoms with Crippen molar-refractivity contribution in [3.05, 3.63) is 56.9 Å². The Bertz CT molecular complexity index is 759. The lowest BCUT2D eigenvalue weighted by atomic mass is 10.2. The fourth-order valence-corrected chi connectivity index (χ4v) is 2.10. The zero-order valence-electron chi connectivity index (χ0n) is 12.8. The SMILES string of the molecule is CN(C)c1cccc(NCc2cn(C)c(=O)n(C)c2=O)c1. The first kappa shape index (κ1) is 14.9. The molecule has 0 amide bonds. The van der Waals surface area contributed by atoms with Crippen molar-refractivity contribution in [1.29, 1.82) is 0 Å². The van der Waals surface area contributed by atoms with Crippen molar-refractivity contribution in [2.45, 2.75) is 6.54 Å². The van der Waals surface area contributed by atoms with Crippen LogP contribution in [-0.2, 0) is 20.6 Å². The molecule has 0 radical (unpaired) electrons. The van der Waals surface area contributed by atoms with Crippen molar-refractivity contribution < 1.29 is 0 Å². The highest BCUT2D eigenvalue weighted by Crippen LogP contribution is 2.17. The van der Waals surface area contributed by atoms with Crippen molar-refractivity contribution in [2.75, 3.05) is 24.3 Å². The second-order valence-corrected chi connectivity index (χ2v) is 5.21. The van der Waals surface area contributed by atoms with E-state index in [1.165, 1.54) is 11.6 Å². The summed E-state index contributed by atoms with van der Waals surface area (Å²) in [5.41, 5.74) is 1.97. The maximum atomic E-state index is 12.0. The number of benzene rings is 1. The average molecular weight is 288 g/mol. The molecule has 0 aliphatic heterocycles. The van der Waals surface area contributed by atoms with E-state index in [-0.39, 0.29) is 11.2 Å². The predicted octanol–water partition coefficient (Wildman–Crippen LogP) is 0.762. The number of hydrogen-bond donors (Lipinski definition) is 1. The van der Waals surface area contributed by atoms with E-state index >= 15 is 0 Å². The molecule has 6 heteroatoms. The monoisotopic (exact) mass is 288 g/mol. The van der Waals surface area contributed by atoms with Gasteiger partial charge >= 0.3 is 5.69 Å². The maximum Gasteiger partial charge on any atom is 0.330 e. The van der Waals surface area contributed by atoms with Crippen LogP contribution in [0.2, 0.25) is 0 Å². The normalized spacial score (nSPS) is 10.5. The first-order chi connectivity index (χ1) is 9.90. The van der Waals surface area contributed by atoms with Crippen molar-refractivity contribution in [3.63, 3.8) is 0 Å². The van der Waals surface area contributed by atoms with Gasteiger partial charge in [-0.05, 0) is 18.2 Å². The van der Waals surface area contributed by atoms with Crippen LogP contribution in [0, 0.1) is 0 Å². The van der Waals surface area contributed by atoms with Gasteiger partial charge in [-0.25, -0.2) is 4.79 Å². The summed E-state index contributed by atoms with van der Waals surface area (Å²) >= 11 is 0. The maximum absolute atomic E-state index is 12.0. The molecule has 1 aromatic carbocycles. The van der Waals surface area contributed by atoms with E-state index in [2.05, 4.69) is 5.32 Å². The van der Waals surface area contributed by atoms with Crippen molar-refractivity contribution in [3.8, 4) is 0 Å². The molecule has 0 saturated carbocycles. The van der Waals surface area contributed by atoms with E-state index in [0.717, 1.165) is 15.9 Å². The minimum absolute atomic E-state index is 0.269. The molecule has 21 heavy (non-hydrogen) atoms. The van der Waals surface area contributed by atoms with Crippen LogP contribution in [0.3, 0.4) is 0 Å². The van der Waals surface area contributed by atoms with Crippen LogP contribution >= 0.6 is 0 Å². The number of aryl methyl sites for hydroxylation is 1. The van der Waals surface area contributed by atoms with Gasteiger partial charge in [0.2, 0.25) is 0 Å². The molecule has 0 fully saturated rings. The Balaban J connectivity index is 2.23. The minimum Gasteiger partial charge on any atom is -0.381 e. The zero-order chi connectivity index (χ0) is 15.6. The Hall–Kier alpha value is -2.50. The third-order valence-corrected chi connectivity index (χ3v) is 3.36. The van der Waals surface area contributed by atoms with E-state index in [4.69, 9.17) is 0 Å². The molecule has 1 N–H and O–H groups in total. The van der Waals surface area contributed by atoms with Gasteiger partial charge in [0, 0.05) is 52.3 Å². The van der Waals surface area contributed by atoms with Gasteiger partial charge in [0.05, 0.1) is 5.56 Å². The van der Waals surface area contributed by atoms with Gasteiger partial charge in [0.15, 0.2) is 0 Å². The molecule has 1 heterocycles. The van der Waals surface area contributed by atoms with Crippen LogP contribution in [-0.4, -0.2) is 23.2 Å². The third-order valence-electron chi connectivity index (χ3n) is 3.36. The van der Waals surface area contributed by atoms with Crippen LogP contribution in [0.15, 0.2) is 40.1 Å². The van der Waals surface area contributed by atoms with Crippen LogP contribution in [0.5, 0.6) is 0 Å². The summed E-state index contributed by atoms with van der Waals surface area (Å²) in [6.07, 6.45) is 1.58. The quantitative estimate of drug-likeness (QED) is 0.902. The van der Waals surface area contributed by atoms with Crippen LogP contribution in [0.4, 0.5) is 11.4 Å². The number of hydrogen-bond acceptors (Lipinski definition) is 4. The summed E-state index contributed by atoms with van der Waals surface area (Å²) < 4.78 is 2.53. The van der Waals surface area contributed by atoms with E-state index in [1.807, 2.05) is 43.3 Å². The molecular formula is C15H20N4O2. The Morgan fingerprint density at radius 2 is 1.90 bits per heavy atom. The lowest BCUT2D eigenvalue weighted by Crippen LogP contribution is -2.38. The van der Waals surface area contributed by atoms with E-state index < -0.39 is 0 Å². The number of anilines is 2. The topological polar surface area (TPSA) is 59.3 Å². The number of nitrogens with zero attached hydrogens (tertiary/aromatic N) is 3. The molecule has 6 nitrogen and oxygen atoms in total. The van der Waals surface area contributed by atoms with Gasteiger partial charge in [-0.15, -0.1) is 0 Å². The lowest BCUT2D eigenvalue weighted by molar-refractivity contribution is 0.671. The molecule has 2 rings (SSSR count). The van der Waals surface area contributed by atoms with E-state index in [0.29, 0.717) is 12.1 Å². The highest BCUT2D eigenvalue weighted by molar-refractivity contribution is 5.57. The summed E-state index contributed by atoms with van der Waals surface area (Å²) in [6.45, 7) is 0.373. The molecule has 2 aromatic rings. The number of aromatic nitrogens is 2. The Kier molecular flexibility index (Phi) is 4.16. The minimum atomic E-state index is -0.321. The molecule has 0 bridgehead atoms. The first-order valence-corrected chi connectivity index (χ1v) is 6.67. The summed E-state index contributed by atoms with van der Waals surface area (Å²) in [5.74, 6) is 0. The van der Waals surface area contributed by atoms with E-state index in [1.54, 1.807) is 13.2 Å². The first-order valence-electron chi connectivity index (χ1n) is 6.67. The Morgan fingerprint density at radius 3 is 2.57 bits per heavy atom. The molecule has 0 aliphatic rings. The average Bonchev–Trinajstić information content (AvgIpc) is 2.47. The van der Waals surface area contributed by atoms with Crippen molar-refractivity contribution in [1.82, 2.24) is 9.13 Å². The number of rotatable bonds is 4. The second kappa shape index (κ2) is 5.87. The molecule has 0 saturated heterocycles. The highest BCUT2D eigenvalue weighted by Gasteiger charge is 2.06. The highest BCUT2D eigenvalue weighted by atomic mass is 16.2. The van der Waals surface area contributed by atoms with Gasteiger partial charge in [0.1, 0.15) is 0 Å². The van der Waals surface area contributed by atoms with Crippen LogP contribution in [0.1, 0.15) is 5.56 Å². The third kappa shape index (κ3) is 3.16. The van der Waals surface area contributed by atoms with Crippen LogP contribution in [0.25, 0.3) is 0 Å². The molecule has 0 spiro atoms. The standard InChI is InChI=1S/C15H20N4O2/c1-17(2)13-7-5-6-12(8-13)16-9-11-10-18(3)15(21)19(4)14(11)20/h5-8,10,16H,9H2,1-4H3. The smallest absolute Gasteiger partial charge is 0.330 e. The molecule has 0 unspecified atom stereocenters. The summed E-state index contributed by atoms with van der Waals surface area (Å²) in [5, 5.41) is 3.22. The molecular weight excluding hydrogens is 268 g/mol. The zero-order valence-corrected chi connectivity index (χ0v) is 12.8. The Morgan fingerprint density at radius 1 is 1.19 bits per heavy atom. The lowest BCUT2D eigenvalue weighted by Gasteiger charge is -2.14. The van der Waals surface area contributed by atoms with Gasteiger partial charge in [-0.1, -0.05) is 6.07 Å². The predicted molar refractivity (Wildman–Crippen MR) is 85.0 cm³/mol. The summed E-state index contributed by atoms with van der Waals surface area (Å²) in [7, 11) is 7.07. The van der Waals surface area contributed by atoms with E-state index in [9.17, 15) is 9.59 Å². The van der Waals surface area contributed by atoms with Gasteiger partial charge < -0.3 is 14.8 Å². The second-order valence-electron chi connectivity index (χ2n) is 5.21. The molecule has 0 aliphatic carbocycles. The van der Waals surface area contributed by atoms with Gasteiger partial charge in [-0.2, -0.15) is 0 Å². The van der Waals surface area contributed by atoms with Crippen LogP contribution < -0.4 is 21.5 Å². The van der Waals surface area contributed by atoms with Gasteiger partial charge in [-0.3, -0.25) is 9.36 Å². The van der Waals surface area contributed by atoms with Crippen molar-refractivity contribution >= 4 is 11.4 Å². The van der Waals surface area contributed by atoms with Crippen molar-refractivity contribution in [2.24, 2.45) is 14.1 Å².